The molecule has 2 fully saturated rings. The van der Waals surface area contributed by atoms with Crippen molar-refractivity contribution >= 4 is 5.91 Å². The molecule has 2 saturated heterocycles. The van der Waals surface area contributed by atoms with Gasteiger partial charge >= 0.3 is 0 Å². The van der Waals surface area contributed by atoms with Gasteiger partial charge in [0.25, 0.3) is 5.91 Å². The van der Waals surface area contributed by atoms with E-state index >= 15 is 0 Å². The standard InChI is InChI=1S/C22H34N2O2/c1-19-9-8-11-21(17-19)26-18-22(25)24-15-7-4-10-20(24)12-16-23-13-5-2-3-6-14-23/h8-9,11,17,20H,2-7,10,12-16,18H2,1H3/t20-/m1/s1. The van der Waals surface area contributed by atoms with E-state index < -0.39 is 0 Å². The number of nitrogens with zero attached hydrogens (tertiary/aromatic N) is 2. The van der Waals surface area contributed by atoms with E-state index in [2.05, 4.69) is 9.80 Å². The minimum Gasteiger partial charge on any atom is -0.484 e. The van der Waals surface area contributed by atoms with Gasteiger partial charge in [-0.1, -0.05) is 25.0 Å². The molecule has 2 heterocycles. The second kappa shape index (κ2) is 9.96. The van der Waals surface area contributed by atoms with Gasteiger partial charge < -0.3 is 14.5 Å². The predicted octanol–water partition coefficient (Wildman–Crippen LogP) is 4.02. The van der Waals surface area contributed by atoms with Crippen molar-refractivity contribution in [3.63, 3.8) is 0 Å². The molecule has 0 N–H and O–H groups in total. The number of ether oxygens (including phenoxy) is 1. The van der Waals surface area contributed by atoms with Gasteiger partial charge in [0.2, 0.25) is 0 Å². The van der Waals surface area contributed by atoms with Gasteiger partial charge in [0.1, 0.15) is 5.75 Å². The highest BCUT2D eigenvalue weighted by Crippen LogP contribution is 2.22. The summed E-state index contributed by atoms with van der Waals surface area (Å²) in [5.74, 6) is 0.934. The molecule has 0 saturated carbocycles. The van der Waals surface area contributed by atoms with E-state index in [9.17, 15) is 4.79 Å². The number of aryl methyl sites for hydroxylation is 1. The van der Waals surface area contributed by atoms with E-state index in [1.807, 2.05) is 31.2 Å². The van der Waals surface area contributed by atoms with Gasteiger partial charge in [-0.15, -0.1) is 0 Å². The van der Waals surface area contributed by atoms with Gasteiger partial charge in [0.15, 0.2) is 6.61 Å². The van der Waals surface area contributed by atoms with Crippen LogP contribution in [0.2, 0.25) is 0 Å². The van der Waals surface area contributed by atoms with E-state index in [0.717, 1.165) is 43.7 Å². The minimum atomic E-state index is 0.145. The van der Waals surface area contributed by atoms with Crippen LogP contribution < -0.4 is 4.74 Å². The summed E-state index contributed by atoms with van der Waals surface area (Å²) in [5.41, 5.74) is 1.16. The molecule has 3 rings (SSSR count). The lowest BCUT2D eigenvalue weighted by molar-refractivity contribution is -0.137. The number of hydrogen-bond donors (Lipinski definition) is 0. The predicted molar refractivity (Wildman–Crippen MR) is 106 cm³/mol. The number of amides is 1. The van der Waals surface area contributed by atoms with E-state index in [1.165, 1.54) is 45.2 Å². The molecule has 0 aliphatic carbocycles. The highest BCUT2D eigenvalue weighted by molar-refractivity contribution is 5.78. The zero-order chi connectivity index (χ0) is 18.2. The highest BCUT2D eigenvalue weighted by atomic mass is 16.5. The van der Waals surface area contributed by atoms with Gasteiger partial charge in [-0.25, -0.2) is 0 Å². The second-order valence-electron chi connectivity index (χ2n) is 7.89. The Morgan fingerprint density at radius 2 is 1.85 bits per heavy atom. The van der Waals surface area contributed by atoms with Gasteiger partial charge in [-0.05, 0) is 76.2 Å². The van der Waals surface area contributed by atoms with Crippen molar-refractivity contribution in [2.45, 2.75) is 64.3 Å². The van der Waals surface area contributed by atoms with E-state index in [0.29, 0.717) is 6.04 Å². The molecule has 0 unspecified atom stereocenters. The normalized spacial score (nSPS) is 22.0. The molecule has 2 aliphatic rings. The first kappa shape index (κ1) is 19.2. The maximum absolute atomic E-state index is 12.8. The minimum absolute atomic E-state index is 0.145. The van der Waals surface area contributed by atoms with Crippen molar-refractivity contribution in [1.29, 1.82) is 0 Å². The summed E-state index contributed by atoms with van der Waals surface area (Å²) < 4.78 is 5.76. The van der Waals surface area contributed by atoms with Crippen LogP contribution in [0, 0.1) is 6.92 Å². The first-order valence-corrected chi connectivity index (χ1v) is 10.4. The third-order valence-electron chi connectivity index (χ3n) is 5.78. The van der Waals surface area contributed by atoms with Crippen LogP contribution in [-0.4, -0.2) is 54.5 Å². The summed E-state index contributed by atoms with van der Waals surface area (Å²) in [6.07, 6.45) is 10.0. The molecule has 1 aromatic carbocycles. The lowest BCUT2D eigenvalue weighted by Gasteiger charge is -2.37. The summed E-state index contributed by atoms with van der Waals surface area (Å²) in [6.45, 7) is 6.68. The van der Waals surface area contributed by atoms with Crippen molar-refractivity contribution in [3.8, 4) is 5.75 Å². The number of carbonyl (C=O) groups excluding carboxylic acids is 1. The molecule has 4 heteroatoms. The van der Waals surface area contributed by atoms with Crippen LogP contribution in [-0.2, 0) is 4.79 Å². The van der Waals surface area contributed by atoms with Crippen molar-refractivity contribution in [2.24, 2.45) is 0 Å². The fraction of sp³-hybridized carbons (Fsp3) is 0.682. The third-order valence-corrected chi connectivity index (χ3v) is 5.78. The van der Waals surface area contributed by atoms with E-state index in [1.54, 1.807) is 0 Å². The molecular weight excluding hydrogens is 324 g/mol. The number of hydrogen-bond acceptors (Lipinski definition) is 3. The Balaban J connectivity index is 1.49. The molecule has 144 valence electrons. The number of benzene rings is 1. The maximum atomic E-state index is 12.8. The molecule has 0 bridgehead atoms. The fourth-order valence-electron chi connectivity index (χ4n) is 4.25. The maximum Gasteiger partial charge on any atom is 0.260 e. The van der Waals surface area contributed by atoms with Crippen LogP contribution in [0.4, 0.5) is 0 Å². The van der Waals surface area contributed by atoms with Crippen LogP contribution in [0.25, 0.3) is 0 Å². The number of carbonyl (C=O) groups is 1. The molecule has 0 radical (unpaired) electrons. The molecule has 4 nitrogen and oxygen atoms in total. The van der Waals surface area contributed by atoms with Gasteiger partial charge in [0, 0.05) is 19.1 Å². The van der Waals surface area contributed by atoms with Gasteiger partial charge in [0.05, 0.1) is 0 Å². The monoisotopic (exact) mass is 358 g/mol. The average molecular weight is 359 g/mol. The summed E-state index contributed by atoms with van der Waals surface area (Å²) in [7, 11) is 0. The van der Waals surface area contributed by atoms with Crippen LogP contribution in [0.15, 0.2) is 24.3 Å². The Hall–Kier alpha value is -1.55. The van der Waals surface area contributed by atoms with Crippen LogP contribution >= 0.6 is 0 Å². The van der Waals surface area contributed by atoms with Gasteiger partial charge in [-0.2, -0.15) is 0 Å². The van der Waals surface area contributed by atoms with Crippen molar-refractivity contribution in [1.82, 2.24) is 9.80 Å². The number of piperidine rings is 1. The Morgan fingerprint density at radius 1 is 1.08 bits per heavy atom. The second-order valence-corrected chi connectivity index (χ2v) is 7.89. The van der Waals surface area contributed by atoms with Crippen molar-refractivity contribution < 1.29 is 9.53 Å². The smallest absolute Gasteiger partial charge is 0.260 e. The lowest BCUT2D eigenvalue weighted by atomic mass is 9.99. The van der Waals surface area contributed by atoms with Crippen LogP contribution in [0.5, 0.6) is 5.75 Å². The Kier molecular flexibility index (Phi) is 7.36. The topological polar surface area (TPSA) is 32.8 Å². The average Bonchev–Trinajstić information content (AvgIpc) is 2.93. The largest absolute Gasteiger partial charge is 0.484 e. The SMILES string of the molecule is Cc1cccc(OCC(=O)N2CCCC[C@@H]2CCN2CCCCCC2)c1. The van der Waals surface area contributed by atoms with Crippen LogP contribution in [0.3, 0.4) is 0 Å². The molecule has 1 atom stereocenters. The highest BCUT2D eigenvalue weighted by Gasteiger charge is 2.27. The molecular formula is C22H34N2O2. The Bertz CT molecular complexity index is 567. The summed E-state index contributed by atoms with van der Waals surface area (Å²) >= 11 is 0. The fourth-order valence-corrected chi connectivity index (χ4v) is 4.25. The zero-order valence-electron chi connectivity index (χ0n) is 16.3. The summed E-state index contributed by atoms with van der Waals surface area (Å²) in [6, 6.07) is 8.31. The van der Waals surface area contributed by atoms with Crippen molar-refractivity contribution in [2.75, 3.05) is 32.8 Å². The van der Waals surface area contributed by atoms with Gasteiger partial charge in [-0.3, -0.25) is 4.79 Å². The van der Waals surface area contributed by atoms with E-state index in [4.69, 9.17) is 4.74 Å². The van der Waals surface area contributed by atoms with Crippen LogP contribution in [0.1, 0.15) is 56.9 Å². The number of rotatable bonds is 6. The Morgan fingerprint density at radius 3 is 2.62 bits per heavy atom. The van der Waals surface area contributed by atoms with Crippen molar-refractivity contribution in [3.05, 3.63) is 29.8 Å². The quantitative estimate of drug-likeness (QED) is 0.770. The first-order chi connectivity index (χ1) is 12.7. The zero-order valence-corrected chi connectivity index (χ0v) is 16.3. The molecule has 1 amide bonds. The lowest BCUT2D eigenvalue weighted by Crippen LogP contribution is -2.47. The summed E-state index contributed by atoms with van der Waals surface area (Å²) in [5, 5.41) is 0. The molecule has 1 aromatic rings. The molecule has 0 aromatic heterocycles. The summed E-state index contributed by atoms with van der Waals surface area (Å²) in [4.78, 5) is 17.5. The first-order valence-electron chi connectivity index (χ1n) is 10.4. The molecule has 0 spiro atoms. The van der Waals surface area contributed by atoms with E-state index in [-0.39, 0.29) is 12.5 Å². The third kappa shape index (κ3) is 5.73. The Labute approximate surface area is 158 Å². The molecule has 26 heavy (non-hydrogen) atoms. The number of likely N-dealkylation sites (tertiary alicyclic amines) is 2. The molecule has 2 aliphatic heterocycles.